The molecular formula is C31H28ClFN8O2. The van der Waals surface area contributed by atoms with Gasteiger partial charge in [-0.15, -0.1) is 0 Å². The molecule has 2 aromatic carbocycles. The molecule has 0 bridgehead atoms. The Hall–Kier alpha value is -4.61. The van der Waals surface area contributed by atoms with E-state index in [9.17, 15) is 14.3 Å². The van der Waals surface area contributed by atoms with Gasteiger partial charge in [0.15, 0.2) is 11.5 Å². The number of anilines is 2. The predicted octanol–water partition coefficient (Wildman–Crippen LogP) is 4.29. The van der Waals surface area contributed by atoms with Crippen molar-refractivity contribution in [2.45, 2.75) is 18.8 Å². The molecule has 5 heterocycles. The monoisotopic (exact) mass is 598 g/mol. The quantitative estimate of drug-likeness (QED) is 0.308. The molecule has 7 rings (SSSR count). The Morgan fingerprint density at radius 2 is 1.84 bits per heavy atom. The van der Waals surface area contributed by atoms with Crippen molar-refractivity contribution in [3.8, 4) is 17.3 Å². The summed E-state index contributed by atoms with van der Waals surface area (Å²) in [5, 5.41) is 13.6. The molecule has 218 valence electrons. The van der Waals surface area contributed by atoms with E-state index < -0.39 is 5.41 Å². The average molecular weight is 599 g/mol. The molecule has 1 unspecified atom stereocenters. The van der Waals surface area contributed by atoms with E-state index in [1.54, 1.807) is 30.5 Å². The zero-order valence-electron chi connectivity index (χ0n) is 23.6. The largest absolute Gasteiger partial charge is 0.506 e. The number of carbonyl (C=O) groups is 1. The average Bonchev–Trinajstić information content (AvgIpc) is 3.58. The lowest BCUT2D eigenvalue weighted by Gasteiger charge is -2.36. The minimum atomic E-state index is -1.18. The van der Waals surface area contributed by atoms with Crippen LogP contribution in [0.2, 0.25) is 5.02 Å². The Balaban J connectivity index is 1.39. The summed E-state index contributed by atoms with van der Waals surface area (Å²) in [7, 11) is 2.08. The Bertz CT molecular complexity index is 1890. The van der Waals surface area contributed by atoms with Crippen LogP contribution in [0, 0.1) is 5.82 Å². The van der Waals surface area contributed by atoms with Gasteiger partial charge in [-0.1, -0.05) is 29.8 Å². The molecule has 2 N–H and O–H groups in total. The van der Waals surface area contributed by atoms with E-state index >= 15 is 0 Å². The highest BCUT2D eigenvalue weighted by atomic mass is 35.5. The first-order chi connectivity index (χ1) is 20.7. The highest BCUT2D eigenvalue weighted by molar-refractivity contribution is 6.32. The van der Waals surface area contributed by atoms with Crippen molar-refractivity contribution in [1.82, 2.24) is 29.2 Å². The summed E-state index contributed by atoms with van der Waals surface area (Å²) >= 11 is 6.11. The van der Waals surface area contributed by atoms with Gasteiger partial charge >= 0.3 is 0 Å². The van der Waals surface area contributed by atoms with Crippen LogP contribution in [0.25, 0.3) is 17.2 Å². The minimum absolute atomic E-state index is 0.105. The molecule has 5 aromatic rings. The van der Waals surface area contributed by atoms with Gasteiger partial charge in [0, 0.05) is 51.2 Å². The molecule has 3 aromatic heterocycles. The minimum Gasteiger partial charge on any atom is -0.506 e. The van der Waals surface area contributed by atoms with Gasteiger partial charge in [0.1, 0.15) is 34.3 Å². The summed E-state index contributed by atoms with van der Waals surface area (Å²) in [6, 6.07) is 11.2. The zero-order chi connectivity index (χ0) is 29.9. The molecule has 2 aliphatic heterocycles. The molecule has 0 saturated carbocycles. The number of hydrogen-bond acceptors (Lipinski definition) is 8. The number of fused-ring (bicyclic) bond motifs is 2. The third-order valence-corrected chi connectivity index (χ3v) is 8.68. The summed E-state index contributed by atoms with van der Waals surface area (Å²) < 4.78 is 15.4. The van der Waals surface area contributed by atoms with Gasteiger partial charge in [-0.2, -0.15) is 0 Å². The van der Waals surface area contributed by atoms with E-state index in [0.29, 0.717) is 65.1 Å². The molecule has 12 heteroatoms. The highest BCUT2D eigenvalue weighted by Crippen LogP contribution is 2.48. The number of piperazine rings is 1. The first kappa shape index (κ1) is 27.2. The van der Waals surface area contributed by atoms with Gasteiger partial charge in [0.05, 0.1) is 16.3 Å². The fourth-order valence-corrected chi connectivity index (χ4v) is 5.94. The number of hydrogen-bond donors (Lipinski definition) is 2. The highest BCUT2D eigenvalue weighted by Gasteiger charge is 2.49. The van der Waals surface area contributed by atoms with E-state index in [4.69, 9.17) is 26.6 Å². The summed E-state index contributed by atoms with van der Waals surface area (Å²) in [5.41, 5.74) is 2.80. The fourth-order valence-electron chi connectivity index (χ4n) is 5.83. The SMILES string of the molecule is CN1CCN(c2nc(-c3cn4ccnc4c(Cc4ccc(F)cc4)n3)nc3c2C(C)(c2ccc(Cl)c(O)c2)C(=O)N3)CC1. The lowest BCUT2D eigenvalue weighted by molar-refractivity contribution is -0.119. The van der Waals surface area contributed by atoms with Crippen LogP contribution in [0.1, 0.15) is 29.3 Å². The number of phenolic OH excluding ortho intramolecular Hbond substituents is 1. The topological polar surface area (TPSA) is 112 Å². The van der Waals surface area contributed by atoms with Crippen LogP contribution in [-0.2, 0) is 16.6 Å². The second kappa shape index (κ2) is 10.3. The first-order valence-corrected chi connectivity index (χ1v) is 14.3. The molecule has 43 heavy (non-hydrogen) atoms. The van der Waals surface area contributed by atoms with Crippen LogP contribution in [0.4, 0.5) is 16.0 Å². The number of benzene rings is 2. The number of carbonyl (C=O) groups excluding carboxylic acids is 1. The number of nitrogens with zero attached hydrogens (tertiary/aromatic N) is 7. The molecule has 10 nitrogen and oxygen atoms in total. The maximum Gasteiger partial charge on any atom is 0.240 e. The predicted molar refractivity (Wildman–Crippen MR) is 161 cm³/mol. The Morgan fingerprint density at radius 3 is 2.58 bits per heavy atom. The van der Waals surface area contributed by atoms with Crippen molar-refractivity contribution in [1.29, 1.82) is 0 Å². The standard InChI is InChI=1S/C31H28ClFN8O2/c1-31(19-5-8-21(32)24(42)16-19)25-27(38-30(31)43)36-26(37-29(25)40-13-11-39(2)12-14-40)23-17-41-10-9-34-28(41)22(35-23)15-18-3-6-20(33)7-4-18/h3-10,16-17,42H,11-15H2,1-2H3,(H,36,37,38,43). The van der Waals surface area contributed by atoms with E-state index in [1.807, 2.05) is 23.7 Å². The maximum atomic E-state index is 13.7. The van der Waals surface area contributed by atoms with Crippen LogP contribution < -0.4 is 10.2 Å². The van der Waals surface area contributed by atoms with Gasteiger partial charge in [-0.3, -0.25) is 4.79 Å². The lowest BCUT2D eigenvalue weighted by Crippen LogP contribution is -2.46. The van der Waals surface area contributed by atoms with Crippen molar-refractivity contribution in [3.05, 3.63) is 94.3 Å². The summed E-state index contributed by atoms with van der Waals surface area (Å²) in [5.74, 6) is 0.701. The van der Waals surface area contributed by atoms with Gasteiger partial charge in [-0.25, -0.2) is 24.3 Å². The molecule has 1 atom stereocenters. The molecule has 0 aliphatic carbocycles. The number of aromatic hydroxyl groups is 1. The second-order valence-electron chi connectivity index (χ2n) is 11.2. The molecule has 0 radical (unpaired) electrons. The molecule has 1 saturated heterocycles. The van der Waals surface area contributed by atoms with Crippen molar-refractivity contribution < 1.29 is 14.3 Å². The number of aromatic nitrogens is 5. The van der Waals surface area contributed by atoms with Crippen molar-refractivity contribution in [3.63, 3.8) is 0 Å². The van der Waals surface area contributed by atoms with E-state index in [2.05, 4.69) is 27.1 Å². The van der Waals surface area contributed by atoms with E-state index in [0.717, 1.165) is 18.7 Å². The van der Waals surface area contributed by atoms with Crippen molar-refractivity contribution in [2.75, 3.05) is 43.4 Å². The van der Waals surface area contributed by atoms with Gasteiger partial charge in [0.2, 0.25) is 5.91 Å². The normalized spacial score (nSPS) is 18.7. The number of halogens is 2. The van der Waals surface area contributed by atoms with Gasteiger partial charge in [0.25, 0.3) is 0 Å². The molecular weight excluding hydrogens is 571 g/mol. The van der Waals surface area contributed by atoms with Crippen LogP contribution in [0.15, 0.2) is 61.1 Å². The Labute approximate surface area is 251 Å². The third-order valence-electron chi connectivity index (χ3n) is 8.36. The number of likely N-dealkylation sites (N-methyl/N-ethyl adjacent to an activating group) is 1. The van der Waals surface area contributed by atoms with Crippen LogP contribution in [0.5, 0.6) is 5.75 Å². The Kier molecular flexibility index (Phi) is 6.51. The Morgan fingerprint density at radius 1 is 1.07 bits per heavy atom. The van der Waals surface area contributed by atoms with Crippen LogP contribution in [-0.4, -0.2) is 73.5 Å². The lowest BCUT2D eigenvalue weighted by atomic mass is 9.77. The summed E-state index contributed by atoms with van der Waals surface area (Å²) in [6.45, 7) is 4.89. The number of rotatable bonds is 5. The number of amides is 1. The smallest absolute Gasteiger partial charge is 0.240 e. The fraction of sp³-hybridized carbons (Fsp3) is 0.258. The van der Waals surface area contributed by atoms with Crippen molar-refractivity contribution in [2.24, 2.45) is 0 Å². The number of phenols is 1. The number of nitrogens with one attached hydrogen (secondary N) is 1. The molecule has 2 aliphatic rings. The third kappa shape index (κ3) is 4.65. The summed E-state index contributed by atoms with van der Waals surface area (Å²) in [6.07, 6.45) is 5.77. The molecule has 1 fully saturated rings. The van der Waals surface area contributed by atoms with Gasteiger partial charge < -0.3 is 24.6 Å². The van der Waals surface area contributed by atoms with E-state index in [-0.39, 0.29) is 22.5 Å². The van der Waals surface area contributed by atoms with Gasteiger partial charge in [-0.05, 0) is 49.4 Å². The van der Waals surface area contributed by atoms with Crippen LogP contribution in [0.3, 0.4) is 0 Å². The van der Waals surface area contributed by atoms with Crippen LogP contribution >= 0.6 is 11.6 Å². The number of imidazole rings is 1. The first-order valence-electron chi connectivity index (χ1n) is 13.9. The molecule has 0 spiro atoms. The second-order valence-corrected chi connectivity index (χ2v) is 11.6. The van der Waals surface area contributed by atoms with Crippen molar-refractivity contribution >= 4 is 34.8 Å². The zero-order valence-corrected chi connectivity index (χ0v) is 24.3. The van der Waals surface area contributed by atoms with E-state index in [1.165, 1.54) is 18.2 Å². The maximum absolute atomic E-state index is 13.7. The molecule has 1 amide bonds. The summed E-state index contributed by atoms with van der Waals surface area (Å²) in [4.78, 5) is 37.5.